The van der Waals surface area contributed by atoms with Gasteiger partial charge in [-0.2, -0.15) is 0 Å². The van der Waals surface area contributed by atoms with E-state index in [0.29, 0.717) is 15.5 Å². The van der Waals surface area contributed by atoms with Crippen LogP contribution >= 0.6 is 11.3 Å². The summed E-state index contributed by atoms with van der Waals surface area (Å²) in [5, 5.41) is 1.51. The maximum Gasteiger partial charge on any atom is 0.174 e. The van der Waals surface area contributed by atoms with E-state index < -0.39 is 0 Å². The van der Waals surface area contributed by atoms with Crippen LogP contribution in [-0.2, 0) is 0 Å². The van der Waals surface area contributed by atoms with Crippen LogP contribution in [0.1, 0.15) is 0 Å². The standard InChI is InChI=1S/C10H9FO2S/c1-12-7-3-6-4-9(13-2)14-10(6)8(11)5-7/h3-5H,1-2H3. The molecule has 2 rings (SSSR count). The molecule has 1 heterocycles. The number of fused-ring (bicyclic) bond motifs is 1. The van der Waals surface area contributed by atoms with Gasteiger partial charge in [0.2, 0.25) is 0 Å². The second kappa shape index (κ2) is 3.46. The van der Waals surface area contributed by atoms with Crippen LogP contribution in [0.3, 0.4) is 0 Å². The summed E-state index contributed by atoms with van der Waals surface area (Å²) in [6.07, 6.45) is 0. The molecule has 1 aromatic carbocycles. The number of rotatable bonds is 2. The molecule has 0 aliphatic heterocycles. The van der Waals surface area contributed by atoms with E-state index in [0.717, 1.165) is 5.39 Å². The Bertz CT molecular complexity index is 464. The number of thiophene rings is 1. The van der Waals surface area contributed by atoms with Gasteiger partial charge in [0.25, 0.3) is 0 Å². The molecule has 2 aromatic rings. The molecular weight excluding hydrogens is 203 g/mol. The van der Waals surface area contributed by atoms with Crippen LogP contribution in [0.25, 0.3) is 10.1 Å². The smallest absolute Gasteiger partial charge is 0.174 e. The number of hydrogen-bond donors (Lipinski definition) is 0. The largest absolute Gasteiger partial charge is 0.497 e. The lowest BCUT2D eigenvalue weighted by atomic mass is 10.2. The second-order valence-electron chi connectivity index (χ2n) is 2.80. The zero-order valence-electron chi connectivity index (χ0n) is 7.83. The zero-order chi connectivity index (χ0) is 10.1. The van der Waals surface area contributed by atoms with E-state index in [1.54, 1.807) is 19.2 Å². The lowest BCUT2D eigenvalue weighted by Gasteiger charge is -1.99. The van der Waals surface area contributed by atoms with E-state index in [9.17, 15) is 4.39 Å². The third-order valence-corrected chi connectivity index (χ3v) is 3.08. The molecule has 0 aliphatic carbocycles. The first-order valence-electron chi connectivity index (χ1n) is 4.05. The van der Waals surface area contributed by atoms with Crippen molar-refractivity contribution in [2.45, 2.75) is 0 Å². The quantitative estimate of drug-likeness (QED) is 0.761. The third-order valence-electron chi connectivity index (χ3n) is 1.96. The summed E-state index contributed by atoms with van der Waals surface area (Å²) in [7, 11) is 3.09. The fourth-order valence-electron chi connectivity index (χ4n) is 1.28. The van der Waals surface area contributed by atoms with Gasteiger partial charge in [0.05, 0.1) is 18.9 Å². The average Bonchev–Trinajstić information content (AvgIpc) is 2.61. The van der Waals surface area contributed by atoms with Crippen molar-refractivity contribution in [3.63, 3.8) is 0 Å². The Labute approximate surface area is 84.9 Å². The summed E-state index contributed by atoms with van der Waals surface area (Å²) in [6, 6.07) is 4.96. The van der Waals surface area contributed by atoms with Crippen LogP contribution in [0.2, 0.25) is 0 Å². The van der Waals surface area contributed by atoms with Crippen molar-refractivity contribution in [2.24, 2.45) is 0 Å². The highest BCUT2D eigenvalue weighted by Gasteiger charge is 2.08. The summed E-state index contributed by atoms with van der Waals surface area (Å²) < 4.78 is 24.1. The monoisotopic (exact) mass is 212 g/mol. The van der Waals surface area contributed by atoms with Gasteiger partial charge in [0.1, 0.15) is 11.6 Å². The Hall–Kier alpha value is -1.29. The molecule has 0 N–H and O–H groups in total. The number of hydrogen-bond acceptors (Lipinski definition) is 3. The van der Waals surface area contributed by atoms with Crippen LogP contribution in [0.5, 0.6) is 10.8 Å². The van der Waals surface area contributed by atoms with Crippen molar-refractivity contribution >= 4 is 21.4 Å². The first kappa shape index (κ1) is 9.27. The van der Waals surface area contributed by atoms with E-state index in [2.05, 4.69) is 0 Å². The summed E-state index contributed by atoms with van der Waals surface area (Å²) in [6.45, 7) is 0. The SMILES string of the molecule is COc1cc(F)c2sc(OC)cc2c1. The van der Waals surface area contributed by atoms with Crippen molar-refractivity contribution in [2.75, 3.05) is 14.2 Å². The van der Waals surface area contributed by atoms with Gasteiger partial charge in [0.15, 0.2) is 5.06 Å². The molecule has 14 heavy (non-hydrogen) atoms. The van der Waals surface area contributed by atoms with Gasteiger partial charge in [0, 0.05) is 11.5 Å². The van der Waals surface area contributed by atoms with Gasteiger partial charge in [-0.3, -0.25) is 0 Å². The summed E-state index contributed by atoms with van der Waals surface area (Å²) in [5.41, 5.74) is 0. The minimum atomic E-state index is -0.271. The third kappa shape index (κ3) is 1.42. The Morgan fingerprint density at radius 1 is 1.14 bits per heavy atom. The van der Waals surface area contributed by atoms with Crippen LogP contribution in [0, 0.1) is 5.82 Å². The Kier molecular flexibility index (Phi) is 2.29. The zero-order valence-corrected chi connectivity index (χ0v) is 8.65. The highest BCUT2D eigenvalue weighted by molar-refractivity contribution is 7.20. The summed E-state index contributed by atoms with van der Waals surface area (Å²) >= 11 is 1.29. The number of benzene rings is 1. The number of ether oxygens (including phenoxy) is 2. The number of halogens is 1. The lowest BCUT2D eigenvalue weighted by Crippen LogP contribution is -1.83. The average molecular weight is 212 g/mol. The molecule has 2 nitrogen and oxygen atoms in total. The lowest BCUT2D eigenvalue weighted by molar-refractivity contribution is 0.412. The molecule has 0 atom stereocenters. The summed E-state index contributed by atoms with van der Waals surface area (Å²) in [4.78, 5) is 0. The minimum absolute atomic E-state index is 0.271. The van der Waals surface area contributed by atoms with Crippen molar-refractivity contribution in [3.05, 3.63) is 24.0 Å². The van der Waals surface area contributed by atoms with Crippen molar-refractivity contribution in [1.29, 1.82) is 0 Å². The van der Waals surface area contributed by atoms with E-state index in [-0.39, 0.29) is 5.82 Å². The van der Waals surface area contributed by atoms with Gasteiger partial charge >= 0.3 is 0 Å². The topological polar surface area (TPSA) is 18.5 Å². The van der Waals surface area contributed by atoms with Crippen LogP contribution in [0.4, 0.5) is 4.39 Å². The molecule has 0 spiro atoms. The Morgan fingerprint density at radius 3 is 2.57 bits per heavy atom. The van der Waals surface area contributed by atoms with Gasteiger partial charge in [-0.15, -0.1) is 0 Å². The summed E-state index contributed by atoms with van der Waals surface area (Å²) in [5.74, 6) is 0.253. The molecule has 0 saturated carbocycles. The molecule has 1 aromatic heterocycles. The fourth-order valence-corrected chi connectivity index (χ4v) is 2.14. The fraction of sp³-hybridized carbons (Fsp3) is 0.200. The predicted octanol–water partition coefficient (Wildman–Crippen LogP) is 3.06. The van der Waals surface area contributed by atoms with Gasteiger partial charge in [-0.1, -0.05) is 11.3 Å². The second-order valence-corrected chi connectivity index (χ2v) is 3.81. The molecule has 0 amide bonds. The number of methoxy groups -OCH3 is 2. The van der Waals surface area contributed by atoms with Crippen LogP contribution < -0.4 is 9.47 Å². The van der Waals surface area contributed by atoms with Gasteiger partial charge in [-0.25, -0.2) is 4.39 Å². The van der Waals surface area contributed by atoms with E-state index >= 15 is 0 Å². The molecule has 0 bridgehead atoms. The molecule has 0 saturated heterocycles. The van der Waals surface area contributed by atoms with Crippen molar-refractivity contribution in [3.8, 4) is 10.8 Å². The maximum atomic E-state index is 13.5. The normalized spacial score (nSPS) is 10.5. The molecule has 0 radical (unpaired) electrons. The Morgan fingerprint density at radius 2 is 1.93 bits per heavy atom. The molecule has 0 unspecified atom stereocenters. The minimum Gasteiger partial charge on any atom is -0.497 e. The first-order chi connectivity index (χ1) is 6.74. The van der Waals surface area contributed by atoms with Crippen molar-refractivity contribution in [1.82, 2.24) is 0 Å². The maximum absolute atomic E-state index is 13.5. The molecule has 0 aliphatic rings. The van der Waals surface area contributed by atoms with E-state index in [1.807, 2.05) is 0 Å². The Balaban J connectivity index is 2.67. The highest BCUT2D eigenvalue weighted by atomic mass is 32.1. The highest BCUT2D eigenvalue weighted by Crippen LogP contribution is 2.35. The van der Waals surface area contributed by atoms with Crippen molar-refractivity contribution < 1.29 is 13.9 Å². The van der Waals surface area contributed by atoms with Gasteiger partial charge < -0.3 is 9.47 Å². The molecule has 74 valence electrons. The van der Waals surface area contributed by atoms with E-state index in [4.69, 9.17) is 9.47 Å². The van der Waals surface area contributed by atoms with Crippen LogP contribution in [0.15, 0.2) is 18.2 Å². The predicted molar refractivity (Wildman–Crippen MR) is 54.9 cm³/mol. The molecule has 0 fully saturated rings. The molecular formula is C10H9FO2S. The first-order valence-corrected chi connectivity index (χ1v) is 4.87. The van der Waals surface area contributed by atoms with E-state index in [1.165, 1.54) is 24.5 Å². The van der Waals surface area contributed by atoms with Crippen LogP contribution in [-0.4, -0.2) is 14.2 Å². The molecule has 4 heteroatoms. The van der Waals surface area contributed by atoms with Gasteiger partial charge in [-0.05, 0) is 12.1 Å².